The van der Waals surface area contributed by atoms with Gasteiger partial charge in [0.05, 0.1) is 18.0 Å². The maximum absolute atomic E-state index is 12.6. The third-order valence-corrected chi connectivity index (χ3v) is 5.00. The van der Waals surface area contributed by atoms with Crippen LogP contribution in [0.15, 0.2) is 17.0 Å². The lowest BCUT2D eigenvalue weighted by Crippen LogP contribution is -2.28. The Balaban J connectivity index is 2.34. The van der Waals surface area contributed by atoms with Crippen LogP contribution in [-0.4, -0.2) is 30.7 Å². The second-order valence-corrected chi connectivity index (χ2v) is 6.89. The van der Waals surface area contributed by atoms with Crippen LogP contribution < -0.4 is 9.46 Å². The largest absolute Gasteiger partial charge is 0.496 e. The van der Waals surface area contributed by atoms with Crippen LogP contribution in [0.4, 0.5) is 0 Å². The molecule has 1 aromatic heterocycles. The fourth-order valence-electron chi connectivity index (χ4n) is 2.23. The standard InChI is InChI=1S/C14H20N4O3S/c1-8-6-9(2)13(7-12(8)21-5)22(19,20)18-10(3)14-15-11(4)16-17-14/h6-7,10,18H,1-5H3,(H,15,16,17). The summed E-state index contributed by atoms with van der Waals surface area (Å²) in [6.07, 6.45) is 0. The summed E-state index contributed by atoms with van der Waals surface area (Å²) < 4.78 is 33.0. The first kappa shape index (κ1) is 16.4. The van der Waals surface area contributed by atoms with Gasteiger partial charge in [-0.1, -0.05) is 6.07 Å². The van der Waals surface area contributed by atoms with Gasteiger partial charge in [-0.15, -0.1) is 0 Å². The minimum Gasteiger partial charge on any atom is -0.496 e. The van der Waals surface area contributed by atoms with Gasteiger partial charge < -0.3 is 4.74 Å². The minimum atomic E-state index is -3.70. The van der Waals surface area contributed by atoms with Gasteiger partial charge in [0.15, 0.2) is 5.82 Å². The van der Waals surface area contributed by atoms with Crippen molar-refractivity contribution in [2.45, 2.75) is 38.6 Å². The predicted molar refractivity (Wildman–Crippen MR) is 82.3 cm³/mol. The Labute approximate surface area is 130 Å². The summed E-state index contributed by atoms with van der Waals surface area (Å²) in [5.74, 6) is 1.57. The SMILES string of the molecule is COc1cc(S(=O)(=O)NC(C)c2n[nH]c(C)n2)c(C)cc1C. The Hall–Kier alpha value is -1.93. The first-order chi connectivity index (χ1) is 10.2. The predicted octanol–water partition coefficient (Wildman–Crippen LogP) is 1.78. The van der Waals surface area contributed by atoms with E-state index in [1.807, 2.05) is 6.92 Å². The lowest BCUT2D eigenvalue weighted by Gasteiger charge is -2.15. The van der Waals surface area contributed by atoms with E-state index < -0.39 is 16.1 Å². The molecule has 1 aromatic carbocycles. The molecule has 1 heterocycles. The first-order valence-electron chi connectivity index (χ1n) is 6.81. The average Bonchev–Trinajstić information content (AvgIpc) is 2.85. The van der Waals surface area contributed by atoms with Gasteiger partial charge in [-0.3, -0.25) is 5.10 Å². The van der Waals surface area contributed by atoms with Gasteiger partial charge in [0.1, 0.15) is 11.6 Å². The van der Waals surface area contributed by atoms with Gasteiger partial charge in [-0.2, -0.15) is 5.10 Å². The molecule has 0 saturated carbocycles. The maximum Gasteiger partial charge on any atom is 0.241 e. The number of sulfonamides is 1. The molecule has 2 aromatic rings. The summed E-state index contributed by atoms with van der Waals surface area (Å²) in [6.45, 7) is 7.07. The molecular formula is C14H20N4O3S. The highest BCUT2D eigenvalue weighted by molar-refractivity contribution is 7.89. The quantitative estimate of drug-likeness (QED) is 0.874. The molecule has 2 rings (SSSR count). The zero-order valence-electron chi connectivity index (χ0n) is 13.3. The summed E-state index contributed by atoms with van der Waals surface area (Å²) >= 11 is 0. The number of hydrogen-bond donors (Lipinski definition) is 2. The van der Waals surface area contributed by atoms with Crippen molar-refractivity contribution in [3.05, 3.63) is 34.9 Å². The van der Waals surface area contributed by atoms with Crippen molar-refractivity contribution < 1.29 is 13.2 Å². The van der Waals surface area contributed by atoms with Crippen LogP contribution in [0.2, 0.25) is 0 Å². The van der Waals surface area contributed by atoms with Gasteiger partial charge in [-0.05, 0) is 38.8 Å². The molecule has 1 atom stereocenters. The molecule has 0 aliphatic rings. The zero-order valence-corrected chi connectivity index (χ0v) is 14.1. The van der Waals surface area contributed by atoms with Crippen LogP contribution in [0.1, 0.15) is 35.7 Å². The molecule has 0 amide bonds. The van der Waals surface area contributed by atoms with E-state index in [1.165, 1.54) is 13.2 Å². The molecule has 0 aliphatic heterocycles. The summed E-state index contributed by atoms with van der Waals surface area (Å²) in [7, 11) is -2.19. The number of aromatic nitrogens is 3. The third kappa shape index (κ3) is 3.28. The molecule has 0 bridgehead atoms. The number of nitrogens with one attached hydrogen (secondary N) is 2. The Morgan fingerprint density at radius 2 is 1.91 bits per heavy atom. The summed E-state index contributed by atoms with van der Waals surface area (Å²) in [5, 5.41) is 6.67. The fourth-order valence-corrected chi connectivity index (χ4v) is 3.67. The van der Waals surface area contributed by atoms with Crippen molar-refractivity contribution in [3.63, 3.8) is 0 Å². The second kappa shape index (κ2) is 6.05. The number of benzene rings is 1. The number of nitrogens with zero attached hydrogens (tertiary/aromatic N) is 2. The second-order valence-electron chi connectivity index (χ2n) is 5.21. The maximum atomic E-state index is 12.6. The van der Waals surface area contributed by atoms with Crippen LogP contribution in [0.5, 0.6) is 5.75 Å². The van der Waals surface area contributed by atoms with E-state index in [1.54, 1.807) is 26.8 Å². The number of aromatic amines is 1. The topological polar surface area (TPSA) is 97.0 Å². The Morgan fingerprint density at radius 1 is 1.23 bits per heavy atom. The van der Waals surface area contributed by atoms with Crippen LogP contribution in [-0.2, 0) is 10.0 Å². The lowest BCUT2D eigenvalue weighted by atomic mass is 10.1. The minimum absolute atomic E-state index is 0.189. The van der Waals surface area contributed by atoms with E-state index in [0.29, 0.717) is 23.0 Å². The molecular weight excluding hydrogens is 304 g/mol. The smallest absolute Gasteiger partial charge is 0.241 e. The van der Waals surface area contributed by atoms with Gasteiger partial charge in [0, 0.05) is 6.07 Å². The number of aryl methyl sites for hydroxylation is 3. The molecule has 0 aliphatic carbocycles. The van der Waals surface area contributed by atoms with Gasteiger partial charge >= 0.3 is 0 Å². The molecule has 7 nitrogen and oxygen atoms in total. The monoisotopic (exact) mass is 324 g/mol. The van der Waals surface area contributed by atoms with Crippen molar-refractivity contribution in [2.24, 2.45) is 0 Å². The normalized spacial score (nSPS) is 13.1. The highest BCUT2D eigenvalue weighted by Crippen LogP contribution is 2.26. The highest BCUT2D eigenvalue weighted by Gasteiger charge is 2.23. The van der Waals surface area contributed by atoms with E-state index in [2.05, 4.69) is 19.9 Å². The Kier molecular flexibility index (Phi) is 4.52. The number of ether oxygens (including phenoxy) is 1. The van der Waals surface area contributed by atoms with Crippen molar-refractivity contribution in [1.29, 1.82) is 0 Å². The molecule has 22 heavy (non-hydrogen) atoms. The van der Waals surface area contributed by atoms with Crippen LogP contribution in [0, 0.1) is 20.8 Å². The molecule has 0 spiro atoms. The van der Waals surface area contributed by atoms with Gasteiger partial charge in [0.25, 0.3) is 0 Å². The Bertz CT molecular complexity index is 783. The summed E-state index contributed by atoms with van der Waals surface area (Å²) in [6, 6.07) is 2.78. The molecule has 8 heteroatoms. The Morgan fingerprint density at radius 3 is 2.45 bits per heavy atom. The van der Waals surface area contributed by atoms with Gasteiger partial charge in [-0.25, -0.2) is 18.1 Å². The van der Waals surface area contributed by atoms with Crippen LogP contribution >= 0.6 is 0 Å². The third-order valence-electron chi connectivity index (χ3n) is 3.32. The van der Waals surface area contributed by atoms with Crippen molar-refractivity contribution in [1.82, 2.24) is 19.9 Å². The van der Waals surface area contributed by atoms with E-state index in [9.17, 15) is 8.42 Å². The van der Waals surface area contributed by atoms with E-state index in [-0.39, 0.29) is 4.90 Å². The van der Waals surface area contributed by atoms with Crippen molar-refractivity contribution in [3.8, 4) is 5.75 Å². The fraction of sp³-hybridized carbons (Fsp3) is 0.429. The average molecular weight is 324 g/mol. The highest BCUT2D eigenvalue weighted by atomic mass is 32.2. The van der Waals surface area contributed by atoms with Crippen LogP contribution in [0.25, 0.3) is 0 Å². The molecule has 1 unspecified atom stereocenters. The van der Waals surface area contributed by atoms with Crippen molar-refractivity contribution >= 4 is 10.0 Å². The van der Waals surface area contributed by atoms with Crippen LogP contribution in [0.3, 0.4) is 0 Å². The molecule has 2 N–H and O–H groups in total. The summed E-state index contributed by atoms with van der Waals surface area (Å²) in [4.78, 5) is 4.33. The van der Waals surface area contributed by atoms with E-state index in [0.717, 1.165) is 5.56 Å². The number of hydrogen-bond acceptors (Lipinski definition) is 5. The van der Waals surface area contributed by atoms with Crippen molar-refractivity contribution in [2.75, 3.05) is 7.11 Å². The number of methoxy groups -OCH3 is 1. The summed E-state index contributed by atoms with van der Waals surface area (Å²) in [5.41, 5.74) is 1.54. The number of rotatable bonds is 5. The van der Waals surface area contributed by atoms with E-state index >= 15 is 0 Å². The molecule has 0 fully saturated rings. The van der Waals surface area contributed by atoms with Gasteiger partial charge in [0.2, 0.25) is 10.0 Å². The lowest BCUT2D eigenvalue weighted by molar-refractivity contribution is 0.410. The van der Waals surface area contributed by atoms with E-state index in [4.69, 9.17) is 4.74 Å². The molecule has 0 saturated heterocycles. The molecule has 120 valence electrons. The zero-order chi connectivity index (χ0) is 16.5. The first-order valence-corrected chi connectivity index (χ1v) is 8.29. The molecule has 0 radical (unpaired) electrons. The number of H-pyrrole nitrogens is 1.